The fraction of sp³-hybridized carbons (Fsp3) is 0.611. The van der Waals surface area contributed by atoms with Crippen molar-refractivity contribution in [3.05, 3.63) is 29.8 Å². The number of hydrogen-bond donors (Lipinski definition) is 2. The molecule has 2 N–H and O–H groups in total. The fourth-order valence-corrected chi connectivity index (χ4v) is 2.87. The van der Waals surface area contributed by atoms with Crippen molar-refractivity contribution in [2.45, 2.75) is 51.6 Å². The molecule has 1 aliphatic carbocycles. The Hall–Kier alpha value is -1.55. The Morgan fingerprint density at radius 2 is 2.23 bits per heavy atom. The van der Waals surface area contributed by atoms with Crippen LogP contribution in [0.5, 0.6) is 5.75 Å². The molecule has 0 aromatic heterocycles. The van der Waals surface area contributed by atoms with Crippen LogP contribution in [0.2, 0.25) is 0 Å². The maximum Gasteiger partial charge on any atom is 0.257 e. The van der Waals surface area contributed by atoms with Crippen LogP contribution >= 0.6 is 0 Å². The van der Waals surface area contributed by atoms with Crippen molar-refractivity contribution in [3.8, 4) is 5.75 Å². The van der Waals surface area contributed by atoms with E-state index in [0.29, 0.717) is 18.4 Å². The van der Waals surface area contributed by atoms with Gasteiger partial charge in [0.2, 0.25) is 0 Å². The second-order valence-electron chi connectivity index (χ2n) is 6.51. The SMILES string of the molecule is CC(C)c1cccc(OCC(=O)NCC2CCCC(O)C2)c1. The van der Waals surface area contributed by atoms with Gasteiger partial charge in [0.15, 0.2) is 6.61 Å². The molecule has 4 nitrogen and oxygen atoms in total. The van der Waals surface area contributed by atoms with Crippen molar-refractivity contribution in [3.63, 3.8) is 0 Å². The molecule has 1 aromatic carbocycles. The van der Waals surface area contributed by atoms with E-state index in [0.717, 1.165) is 31.4 Å². The number of rotatable bonds is 6. The maximum atomic E-state index is 11.9. The quantitative estimate of drug-likeness (QED) is 0.849. The van der Waals surface area contributed by atoms with Gasteiger partial charge in [-0.1, -0.05) is 32.4 Å². The molecule has 0 saturated heterocycles. The molecule has 0 radical (unpaired) electrons. The van der Waals surface area contributed by atoms with Crippen LogP contribution in [0.4, 0.5) is 0 Å². The van der Waals surface area contributed by atoms with Gasteiger partial charge in [0.05, 0.1) is 6.10 Å². The molecule has 0 spiro atoms. The van der Waals surface area contributed by atoms with Crippen LogP contribution in [-0.2, 0) is 4.79 Å². The van der Waals surface area contributed by atoms with Crippen molar-refractivity contribution in [1.29, 1.82) is 0 Å². The molecule has 0 aliphatic heterocycles. The van der Waals surface area contributed by atoms with Crippen LogP contribution in [-0.4, -0.2) is 30.3 Å². The first-order valence-electron chi connectivity index (χ1n) is 8.22. The first-order valence-corrected chi connectivity index (χ1v) is 8.22. The Bertz CT molecular complexity index is 487. The third kappa shape index (κ3) is 5.34. The second kappa shape index (κ2) is 8.18. The molecule has 1 fully saturated rings. The number of amides is 1. The van der Waals surface area contributed by atoms with Crippen LogP contribution in [0.3, 0.4) is 0 Å². The van der Waals surface area contributed by atoms with Crippen LogP contribution in [0.15, 0.2) is 24.3 Å². The lowest BCUT2D eigenvalue weighted by molar-refractivity contribution is -0.123. The van der Waals surface area contributed by atoms with E-state index in [-0.39, 0.29) is 18.6 Å². The van der Waals surface area contributed by atoms with Gasteiger partial charge in [-0.2, -0.15) is 0 Å². The number of aliphatic hydroxyl groups is 1. The number of carbonyl (C=O) groups is 1. The highest BCUT2D eigenvalue weighted by Crippen LogP contribution is 2.23. The van der Waals surface area contributed by atoms with Gasteiger partial charge in [0.25, 0.3) is 5.91 Å². The third-order valence-corrected chi connectivity index (χ3v) is 4.24. The van der Waals surface area contributed by atoms with E-state index < -0.39 is 0 Å². The summed E-state index contributed by atoms with van der Waals surface area (Å²) in [6, 6.07) is 7.87. The molecular weight excluding hydrogens is 278 g/mol. The van der Waals surface area contributed by atoms with Gasteiger partial charge in [-0.05, 0) is 48.8 Å². The highest BCUT2D eigenvalue weighted by molar-refractivity contribution is 5.77. The van der Waals surface area contributed by atoms with Crippen LogP contribution in [0.1, 0.15) is 51.0 Å². The minimum Gasteiger partial charge on any atom is -0.484 e. The van der Waals surface area contributed by atoms with Gasteiger partial charge in [-0.3, -0.25) is 4.79 Å². The molecule has 2 rings (SSSR count). The zero-order valence-electron chi connectivity index (χ0n) is 13.5. The molecule has 4 heteroatoms. The maximum absolute atomic E-state index is 11.9. The summed E-state index contributed by atoms with van der Waals surface area (Å²) in [5.74, 6) is 1.46. The zero-order chi connectivity index (χ0) is 15.9. The number of ether oxygens (including phenoxy) is 1. The Morgan fingerprint density at radius 3 is 2.95 bits per heavy atom. The Morgan fingerprint density at radius 1 is 1.41 bits per heavy atom. The monoisotopic (exact) mass is 305 g/mol. The summed E-state index contributed by atoms with van der Waals surface area (Å²) in [6.07, 6.45) is 3.59. The topological polar surface area (TPSA) is 58.6 Å². The van der Waals surface area contributed by atoms with Gasteiger partial charge in [0.1, 0.15) is 5.75 Å². The number of benzene rings is 1. The highest BCUT2D eigenvalue weighted by atomic mass is 16.5. The smallest absolute Gasteiger partial charge is 0.257 e. The predicted molar refractivity (Wildman–Crippen MR) is 87.0 cm³/mol. The van der Waals surface area contributed by atoms with Gasteiger partial charge in [-0.15, -0.1) is 0 Å². The standard InChI is InChI=1S/C18H27NO3/c1-13(2)15-6-4-8-17(10-15)22-12-18(21)19-11-14-5-3-7-16(20)9-14/h4,6,8,10,13-14,16,20H,3,5,7,9,11-12H2,1-2H3,(H,19,21). The minimum absolute atomic E-state index is 0.0385. The summed E-state index contributed by atoms with van der Waals surface area (Å²) in [6.45, 7) is 4.93. The number of hydrogen-bond acceptors (Lipinski definition) is 3. The molecule has 2 atom stereocenters. The summed E-state index contributed by atoms with van der Waals surface area (Å²) in [5, 5.41) is 12.5. The van der Waals surface area contributed by atoms with Gasteiger partial charge in [-0.25, -0.2) is 0 Å². The number of carbonyl (C=O) groups excluding carboxylic acids is 1. The molecule has 0 bridgehead atoms. The van der Waals surface area contributed by atoms with Crippen LogP contribution < -0.4 is 10.1 Å². The lowest BCUT2D eigenvalue weighted by Crippen LogP contribution is -2.35. The molecule has 1 aliphatic rings. The van der Waals surface area contributed by atoms with Gasteiger partial charge >= 0.3 is 0 Å². The average molecular weight is 305 g/mol. The normalized spacial score (nSPS) is 21.6. The zero-order valence-corrected chi connectivity index (χ0v) is 13.5. The van der Waals surface area contributed by atoms with E-state index in [4.69, 9.17) is 4.74 Å². The van der Waals surface area contributed by atoms with Crippen molar-refractivity contribution in [1.82, 2.24) is 5.32 Å². The van der Waals surface area contributed by atoms with E-state index in [2.05, 4.69) is 25.2 Å². The second-order valence-corrected chi connectivity index (χ2v) is 6.51. The van der Waals surface area contributed by atoms with E-state index in [1.54, 1.807) is 0 Å². The molecule has 122 valence electrons. The van der Waals surface area contributed by atoms with Gasteiger partial charge in [0, 0.05) is 6.54 Å². The van der Waals surface area contributed by atoms with Gasteiger partial charge < -0.3 is 15.2 Å². The molecule has 1 saturated carbocycles. The molecular formula is C18H27NO3. The van der Waals surface area contributed by atoms with E-state index >= 15 is 0 Å². The summed E-state index contributed by atoms with van der Waals surface area (Å²) >= 11 is 0. The van der Waals surface area contributed by atoms with Crippen molar-refractivity contribution in [2.75, 3.05) is 13.2 Å². The molecule has 1 amide bonds. The molecule has 1 aromatic rings. The molecule has 0 heterocycles. The first-order chi connectivity index (χ1) is 10.5. The van der Waals surface area contributed by atoms with E-state index in [9.17, 15) is 9.90 Å². The van der Waals surface area contributed by atoms with Crippen LogP contribution in [0.25, 0.3) is 0 Å². The summed E-state index contributed by atoms with van der Waals surface area (Å²) in [4.78, 5) is 11.9. The van der Waals surface area contributed by atoms with Crippen molar-refractivity contribution in [2.24, 2.45) is 5.92 Å². The summed E-state index contributed by atoms with van der Waals surface area (Å²) in [5.41, 5.74) is 1.20. The summed E-state index contributed by atoms with van der Waals surface area (Å²) in [7, 11) is 0. The number of nitrogens with one attached hydrogen (secondary N) is 1. The van der Waals surface area contributed by atoms with Crippen molar-refractivity contribution < 1.29 is 14.6 Å². The fourth-order valence-electron chi connectivity index (χ4n) is 2.87. The Labute approximate surface area is 132 Å². The van der Waals surface area contributed by atoms with E-state index in [1.165, 1.54) is 5.56 Å². The molecule has 22 heavy (non-hydrogen) atoms. The Balaban J connectivity index is 1.72. The molecule has 2 unspecified atom stereocenters. The predicted octanol–water partition coefficient (Wildman–Crippen LogP) is 2.86. The highest BCUT2D eigenvalue weighted by Gasteiger charge is 2.20. The lowest BCUT2D eigenvalue weighted by atomic mass is 9.87. The largest absolute Gasteiger partial charge is 0.484 e. The average Bonchev–Trinajstić information content (AvgIpc) is 2.51. The lowest BCUT2D eigenvalue weighted by Gasteiger charge is -2.25. The summed E-state index contributed by atoms with van der Waals surface area (Å²) < 4.78 is 5.56. The number of aliphatic hydroxyl groups excluding tert-OH is 1. The van der Waals surface area contributed by atoms with Crippen LogP contribution in [0, 0.1) is 5.92 Å². The van der Waals surface area contributed by atoms with Crippen molar-refractivity contribution >= 4 is 5.91 Å². The minimum atomic E-state index is -0.203. The Kier molecular flexibility index (Phi) is 6.25. The first kappa shape index (κ1) is 16.8. The van der Waals surface area contributed by atoms with E-state index in [1.807, 2.05) is 18.2 Å². The third-order valence-electron chi connectivity index (χ3n) is 4.24.